The molecule has 2 rings (SSSR count). The van der Waals surface area contributed by atoms with Crippen molar-refractivity contribution in [3.05, 3.63) is 29.3 Å². The van der Waals surface area contributed by atoms with Crippen LogP contribution >= 0.6 is 0 Å². The molecule has 1 aromatic carbocycles. The number of amides is 4. The molecule has 0 aromatic heterocycles. The molecule has 1 atom stereocenters. The van der Waals surface area contributed by atoms with Crippen LogP contribution in [0, 0.1) is 13.8 Å². The van der Waals surface area contributed by atoms with Gasteiger partial charge in [0, 0.05) is 5.69 Å². The van der Waals surface area contributed by atoms with E-state index in [1.807, 2.05) is 26.8 Å². The highest BCUT2D eigenvalue weighted by atomic mass is 16.5. The number of nitrogens with zero attached hydrogens (tertiary/aromatic N) is 1. The largest absolute Gasteiger partial charge is 0.454 e. The molecule has 0 unspecified atom stereocenters. The molecule has 0 bridgehead atoms. The second-order valence-corrected chi connectivity index (χ2v) is 7.34. The number of urea groups is 1. The second kappa shape index (κ2) is 8.86. The fraction of sp³-hybridized carbons (Fsp3) is 0.500. The van der Waals surface area contributed by atoms with Crippen LogP contribution in [0.5, 0.6) is 0 Å². The summed E-state index contributed by atoms with van der Waals surface area (Å²) in [5.41, 5.74) is 1.60. The number of anilines is 1. The first kappa shape index (κ1) is 21.4. The monoisotopic (exact) mass is 389 g/mol. The van der Waals surface area contributed by atoms with Crippen molar-refractivity contribution in [3.8, 4) is 0 Å². The standard InChI is InChI=1S/C20H27N3O5/c1-5-6-7-20(4)18(26)23(19(27)22-20)11-17(25)28-12-16(24)21-15-9-13(2)8-14(3)10-15/h8-10H,5-7,11-12H2,1-4H3,(H,21,24)(H,22,27)/t20-/m0/s1. The van der Waals surface area contributed by atoms with Crippen molar-refractivity contribution in [2.75, 3.05) is 18.5 Å². The lowest BCUT2D eigenvalue weighted by atomic mass is 9.95. The molecule has 4 amide bonds. The summed E-state index contributed by atoms with van der Waals surface area (Å²) in [5.74, 6) is -1.77. The smallest absolute Gasteiger partial charge is 0.326 e. The molecule has 1 aliphatic rings. The van der Waals surface area contributed by atoms with Gasteiger partial charge >= 0.3 is 12.0 Å². The molecule has 1 aliphatic heterocycles. The lowest BCUT2D eigenvalue weighted by Gasteiger charge is -2.21. The van der Waals surface area contributed by atoms with Gasteiger partial charge in [0.25, 0.3) is 11.8 Å². The third kappa shape index (κ3) is 5.31. The molecular weight excluding hydrogens is 362 g/mol. The van der Waals surface area contributed by atoms with E-state index in [4.69, 9.17) is 4.74 Å². The van der Waals surface area contributed by atoms with E-state index in [1.54, 1.807) is 19.1 Å². The van der Waals surface area contributed by atoms with Crippen LogP contribution in [-0.2, 0) is 19.1 Å². The number of imide groups is 1. The van der Waals surface area contributed by atoms with Crippen molar-refractivity contribution in [1.29, 1.82) is 0 Å². The molecule has 0 saturated carbocycles. The van der Waals surface area contributed by atoms with E-state index in [0.717, 1.165) is 28.9 Å². The van der Waals surface area contributed by atoms with Crippen LogP contribution in [0.1, 0.15) is 44.2 Å². The average molecular weight is 389 g/mol. The van der Waals surface area contributed by atoms with Gasteiger partial charge in [0.05, 0.1) is 0 Å². The van der Waals surface area contributed by atoms with Gasteiger partial charge in [-0.3, -0.25) is 19.3 Å². The molecule has 0 radical (unpaired) electrons. The number of aryl methyl sites for hydroxylation is 2. The highest BCUT2D eigenvalue weighted by Gasteiger charge is 2.47. The summed E-state index contributed by atoms with van der Waals surface area (Å²) in [6, 6.07) is 4.95. The summed E-state index contributed by atoms with van der Waals surface area (Å²) in [4.78, 5) is 49.3. The van der Waals surface area contributed by atoms with E-state index >= 15 is 0 Å². The Kier molecular flexibility index (Phi) is 6.77. The molecule has 1 heterocycles. The van der Waals surface area contributed by atoms with Gasteiger partial charge in [0.1, 0.15) is 12.1 Å². The van der Waals surface area contributed by atoms with Gasteiger partial charge in [-0.1, -0.05) is 25.8 Å². The van der Waals surface area contributed by atoms with Gasteiger partial charge in [0.2, 0.25) is 0 Å². The van der Waals surface area contributed by atoms with Crippen LogP contribution in [0.15, 0.2) is 18.2 Å². The Balaban J connectivity index is 1.85. The van der Waals surface area contributed by atoms with Crippen LogP contribution in [0.3, 0.4) is 0 Å². The summed E-state index contributed by atoms with van der Waals surface area (Å²) in [7, 11) is 0. The first-order valence-electron chi connectivity index (χ1n) is 9.32. The molecule has 28 heavy (non-hydrogen) atoms. The number of ether oxygens (including phenoxy) is 1. The number of hydrogen-bond acceptors (Lipinski definition) is 5. The Bertz CT molecular complexity index is 772. The van der Waals surface area contributed by atoms with Crippen LogP contribution < -0.4 is 10.6 Å². The molecular formula is C20H27N3O5. The summed E-state index contributed by atoms with van der Waals surface area (Å²) < 4.78 is 4.92. The molecule has 0 spiro atoms. The zero-order chi connectivity index (χ0) is 20.9. The van der Waals surface area contributed by atoms with Crippen molar-refractivity contribution in [1.82, 2.24) is 10.2 Å². The van der Waals surface area contributed by atoms with E-state index in [2.05, 4.69) is 10.6 Å². The quantitative estimate of drug-likeness (QED) is 0.524. The Morgan fingerprint density at radius 1 is 1.18 bits per heavy atom. The predicted molar refractivity (Wildman–Crippen MR) is 104 cm³/mol. The Hall–Kier alpha value is -2.90. The van der Waals surface area contributed by atoms with Crippen LogP contribution in [0.4, 0.5) is 10.5 Å². The molecule has 1 saturated heterocycles. The Morgan fingerprint density at radius 3 is 2.43 bits per heavy atom. The zero-order valence-corrected chi connectivity index (χ0v) is 16.8. The van der Waals surface area contributed by atoms with Crippen molar-refractivity contribution in [2.24, 2.45) is 0 Å². The minimum absolute atomic E-state index is 0.456. The van der Waals surface area contributed by atoms with Crippen molar-refractivity contribution >= 4 is 29.5 Å². The van der Waals surface area contributed by atoms with Gasteiger partial charge < -0.3 is 15.4 Å². The fourth-order valence-electron chi connectivity index (χ4n) is 3.16. The first-order valence-corrected chi connectivity index (χ1v) is 9.32. The number of hydrogen-bond donors (Lipinski definition) is 2. The SMILES string of the molecule is CCCC[C@]1(C)NC(=O)N(CC(=O)OCC(=O)Nc2cc(C)cc(C)c2)C1=O. The number of rotatable bonds is 8. The maximum atomic E-state index is 12.5. The molecule has 1 fully saturated rings. The van der Waals surface area contributed by atoms with Gasteiger partial charge in [-0.2, -0.15) is 0 Å². The second-order valence-electron chi connectivity index (χ2n) is 7.34. The van der Waals surface area contributed by atoms with Crippen LogP contribution in [-0.4, -0.2) is 47.4 Å². The van der Waals surface area contributed by atoms with E-state index in [1.165, 1.54) is 0 Å². The van der Waals surface area contributed by atoms with Gasteiger partial charge in [-0.25, -0.2) is 4.79 Å². The maximum Gasteiger partial charge on any atom is 0.326 e. The number of carbonyl (C=O) groups excluding carboxylic acids is 4. The van der Waals surface area contributed by atoms with E-state index in [0.29, 0.717) is 12.1 Å². The minimum Gasteiger partial charge on any atom is -0.454 e. The molecule has 1 aromatic rings. The Labute approximate surface area is 164 Å². The molecule has 8 heteroatoms. The van der Waals surface area contributed by atoms with Crippen molar-refractivity contribution in [2.45, 2.75) is 52.5 Å². The summed E-state index contributed by atoms with van der Waals surface area (Å²) in [6.45, 7) is 6.43. The van der Waals surface area contributed by atoms with Gasteiger partial charge in [-0.05, 0) is 50.5 Å². The average Bonchev–Trinajstić information content (AvgIpc) is 2.81. The Morgan fingerprint density at radius 2 is 1.82 bits per heavy atom. The predicted octanol–water partition coefficient (Wildman–Crippen LogP) is 2.29. The number of unbranched alkanes of at least 4 members (excludes halogenated alkanes) is 1. The summed E-state index contributed by atoms with van der Waals surface area (Å²) in [5, 5.41) is 5.28. The van der Waals surface area contributed by atoms with Gasteiger partial charge in [0.15, 0.2) is 6.61 Å². The van der Waals surface area contributed by atoms with E-state index in [9.17, 15) is 19.2 Å². The molecule has 0 aliphatic carbocycles. The third-order valence-electron chi connectivity index (χ3n) is 4.53. The van der Waals surface area contributed by atoms with Gasteiger partial charge in [-0.15, -0.1) is 0 Å². The van der Waals surface area contributed by atoms with E-state index < -0.39 is 42.5 Å². The number of carbonyl (C=O) groups is 4. The highest BCUT2D eigenvalue weighted by Crippen LogP contribution is 2.23. The highest BCUT2D eigenvalue weighted by molar-refractivity contribution is 6.08. The third-order valence-corrected chi connectivity index (χ3v) is 4.53. The lowest BCUT2D eigenvalue weighted by Crippen LogP contribution is -2.44. The number of nitrogens with one attached hydrogen (secondary N) is 2. The number of esters is 1. The maximum absolute atomic E-state index is 12.5. The number of benzene rings is 1. The topological polar surface area (TPSA) is 105 Å². The minimum atomic E-state index is -1.01. The summed E-state index contributed by atoms with van der Waals surface area (Å²) >= 11 is 0. The first-order chi connectivity index (χ1) is 13.1. The molecule has 152 valence electrons. The van der Waals surface area contributed by atoms with Crippen molar-refractivity contribution < 1.29 is 23.9 Å². The zero-order valence-electron chi connectivity index (χ0n) is 16.8. The van der Waals surface area contributed by atoms with Crippen molar-refractivity contribution in [3.63, 3.8) is 0 Å². The summed E-state index contributed by atoms with van der Waals surface area (Å²) in [6.07, 6.45) is 2.16. The van der Waals surface area contributed by atoms with E-state index in [-0.39, 0.29) is 0 Å². The normalized spacial score (nSPS) is 18.8. The molecule has 8 nitrogen and oxygen atoms in total. The van der Waals surface area contributed by atoms with Crippen LogP contribution in [0.25, 0.3) is 0 Å². The van der Waals surface area contributed by atoms with Crippen LogP contribution in [0.2, 0.25) is 0 Å². The molecule has 2 N–H and O–H groups in total. The fourth-order valence-corrected chi connectivity index (χ4v) is 3.16. The lowest BCUT2D eigenvalue weighted by molar-refractivity contribution is -0.150.